The van der Waals surface area contributed by atoms with E-state index in [2.05, 4.69) is 154 Å². The second-order valence-corrected chi connectivity index (χ2v) is 12.5. The number of fused-ring (bicyclic) bond motifs is 1. The van der Waals surface area contributed by atoms with E-state index < -0.39 is 7.92 Å². The van der Waals surface area contributed by atoms with E-state index in [1.165, 1.54) is 27.3 Å². The lowest BCUT2D eigenvalue weighted by Crippen LogP contribution is -2.12. The maximum atomic E-state index is 5.19. The molecule has 0 aliphatic carbocycles. The molecule has 0 amide bonds. The van der Waals surface area contributed by atoms with Gasteiger partial charge in [0.15, 0.2) is 0 Å². The summed E-state index contributed by atoms with van der Waals surface area (Å²) in [7, 11) is -0.508. The fourth-order valence-corrected chi connectivity index (χ4v) is 7.49. The van der Waals surface area contributed by atoms with Crippen LogP contribution in [0.2, 0.25) is 0 Å². The summed E-state index contributed by atoms with van der Waals surface area (Å²) in [5.74, 6) is 1.02. The molecule has 0 saturated heterocycles. The van der Waals surface area contributed by atoms with E-state index in [1.807, 2.05) is 0 Å². The zero-order chi connectivity index (χ0) is 25.7. The van der Waals surface area contributed by atoms with Gasteiger partial charge in [0.05, 0.1) is 11.0 Å². The molecule has 0 aliphatic rings. The van der Waals surface area contributed by atoms with E-state index >= 15 is 0 Å². The number of hydrogen-bond acceptors (Lipinski definition) is 1. The highest BCUT2D eigenvalue weighted by molar-refractivity contribution is 9.10. The maximum absolute atomic E-state index is 5.19. The van der Waals surface area contributed by atoms with E-state index in [0.29, 0.717) is 0 Å². The first-order valence-corrected chi connectivity index (χ1v) is 15.2. The highest BCUT2D eigenvalue weighted by atomic mass is 79.9. The Morgan fingerprint density at radius 2 is 1.24 bits per heavy atom. The molecule has 0 spiro atoms. The van der Waals surface area contributed by atoms with E-state index in [9.17, 15) is 0 Å². The van der Waals surface area contributed by atoms with Crippen molar-refractivity contribution in [2.45, 2.75) is 19.1 Å². The Bertz CT molecular complexity index is 1590. The lowest BCUT2D eigenvalue weighted by Gasteiger charge is -2.19. The Kier molecular flexibility index (Phi) is 7.49. The minimum atomic E-state index is -0.508. The number of halogens is 1. The van der Waals surface area contributed by atoms with Crippen molar-refractivity contribution in [3.8, 4) is 11.4 Å². The van der Waals surface area contributed by atoms with Crippen LogP contribution in [0, 0.1) is 0 Å². The second kappa shape index (κ2) is 11.5. The average Bonchev–Trinajstić information content (AvgIpc) is 3.34. The summed E-state index contributed by atoms with van der Waals surface area (Å²) in [6.45, 7) is 0.881. The zero-order valence-corrected chi connectivity index (χ0v) is 23.5. The Labute approximate surface area is 233 Å². The van der Waals surface area contributed by atoms with Gasteiger partial charge >= 0.3 is 0 Å². The number of aromatic nitrogens is 2. The molecule has 0 fully saturated rings. The smallest absolute Gasteiger partial charge is 0.141 e. The molecule has 0 aliphatic heterocycles. The summed E-state index contributed by atoms with van der Waals surface area (Å²) < 4.78 is 3.46. The molecule has 0 N–H and O–H groups in total. The van der Waals surface area contributed by atoms with Gasteiger partial charge in [-0.15, -0.1) is 0 Å². The van der Waals surface area contributed by atoms with E-state index in [0.717, 1.165) is 40.5 Å². The van der Waals surface area contributed by atoms with Crippen LogP contribution >= 0.6 is 23.9 Å². The Morgan fingerprint density at radius 3 is 1.87 bits per heavy atom. The van der Waals surface area contributed by atoms with Gasteiger partial charge in [0.2, 0.25) is 0 Å². The monoisotopic (exact) mass is 574 g/mol. The summed E-state index contributed by atoms with van der Waals surface area (Å²) in [5, 5.41) is 2.80. The summed E-state index contributed by atoms with van der Waals surface area (Å²) in [4.78, 5) is 5.19. The largest absolute Gasteiger partial charge is 0.324 e. The normalized spacial score (nSPS) is 11.3. The van der Waals surface area contributed by atoms with Crippen molar-refractivity contribution in [3.05, 3.63) is 149 Å². The number of hydrogen-bond donors (Lipinski definition) is 0. The maximum Gasteiger partial charge on any atom is 0.141 e. The lowest BCUT2D eigenvalue weighted by molar-refractivity contribution is 0.723. The number of aryl methyl sites for hydroxylation is 2. The molecule has 0 bridgehead atoms. The van der Waals surface area contributed by atoms with Crippen LogP contribution in [0.25, 0.3) is 22.4 Å². The molecular formula is C34H28BrN2P. The lowest BCUT2D eigenvalue weighted by atomic mass is 10.1. The molecule has 2 nitrogen and oxygen atoms in total. The Hall–Kier alpha value is -3.52. The highest BCUT2D eigenvalue weighted by Gasteiger charge is 2.17. The number of imidazole rings is 1. The van der Waals surface area contributed by atoms with Crippen LogP contribution in [0.3, 0.4) is 0 Å². The number of benzene rings is 5. The fourth-order valence-electron chi connectivity index (χ4n) is 4.94. The minimum Gasteiger partial charge on any atom is -0.324 e. The molecule has 0 radical (unpaired) electrons. The van der Waals surface area contributed by atoms with Gasteiger partial charge in [-0.1, -0.05) is 125 Å². The molecule has 0 saturated carbocycles. The quantitative estimate of drug-likeness (QED) is 0.167. The van der Waals surface area contributed by atoms with Crippen LogP contribution in [0.15, 0.2) is 138 Å². The van der Waals surface area contributed by atoms with E-state index in [-0.39, 0.29) is 0 Å². The van der Waals surface area contributed by atoms with Gasteiger partial charge < -0.3 is 4.57 Å². The first-order chi connectivity index (χ1) is 18.7. The fraction of sp³-hybridized carbons (Fsp3) is 0.0882. The van der Waals surface area contributed by atoms with Crippen molar-refractivity contribution in [2.75, 3.05) is 0 Å². The van der Waals surface area contributed by atoms with E-state index in [1.54, 1.807) is 0 Å². The van der Waals surface area contributed by atoms with Gasteiger partial charge in [0.25, 0.3) is 0 Å². The molecular weight excluding hydrogens is 547 g/mol. The van der Waals surface area contributed by atoms with Crippen molar-refractivity contribution in [2.24, 2.45) is 0 Å². The average molecular weight is 575 g/mol. The third-order valence-electron chi connectivity index (χ3n) is 6.86. The van der Waals surface area contributed by atoms with Crippen molar-refractivity contribution < 1.29 is 0 Å². The van der Waals surface area contributed by atoms with Crippen molar-refractivity contribution in [3.63, 3.8) is 0 Å². The molecule has 186 valence electrons. The van der Waals surface area contributed by atoms with Crippen LogP contribution in [0.1, 0.15) is 11.1 Å². The minimum absolute atomic E-state index is 0.508. The highest BCUT2D eigenvalue weighted by Crippen LogP contribution is 2.38. The van der Waals surface area contributed by atoms with Crippen LogP contribution < -0.4 is 10.6 Å². The van der Waals surface area contributed by atoms with Gasteiger partial charge in [-0.25, -0.2) is 4.98 Å². The summed E-state index contributed by atoms with van der Waals surface area (Å²) in [5.41, 5.74) is 6.04. The standard InChI is InChI=1S/C34H28BrN2P/c35-29-19-17-28(18-20-29)34-36-32-24-27(16-21-33(32)37(34)23-22-26-10-4-1-5-11-26)25-38(30-12-6-2-7-13-30)31-14-8-3-9-15-31/h1-21,24H,22-23,25H2. The van der Waals surface area contributed by atoms with Crippen molar-refractivity contribution in [1.82, 2.24) is 9.55 Å². The molecule has 1 aromatic heterocycles. The van der Waals surface area contributed by atoms with Crippen LogP contribution in [-0.2, 0) is 19.1 Å². The summed E-state index contributed by atoms with van der Waals surface area (Å²) in [6, 6.07) is 47.9. The molecule has 1 heterocycles. The molecule has 0 atom stereocenters. The summed E-state index contributed by atoms with van der Waals surface area (Å²) >= 11 is 3.58. The molecule has 4 heteroatoms. The molecule has 38 heavy (non-hydrogen) atoms. The van der Waals surface area contributed by atoms with Crippen LogP contribution in [0.5, 0.6) is 0 Å². The molecule has 6 aromatic rings. The van der Waals surface area contributed by atoms with Gasteiger partial charge in [0.1, 0.15) is 5.82 Å². The van der Waals surface area contributed by atoms with Crippen molar-refractivity contribution in [1.29, 1.82) is 0 Å². The second-order valence-electron chi connectivity index (χ2n) is 9.41. The van der Waals surface area contributed by atoms with Crippen molar-refractivity contribution >= 4 is 45.5 Å². The number of nitrogens with zero attached hydrogens (tertiary/aromatic N) is 2. The van der Waals surface area contributed by atoms with Gasteiger partial charge in [-0.05, 0) is 60.3 Å². The molecule has 5 aromatic carbocycles. The zero-order valence-electron chi connectivity index (χ0n) is 21.0. The third kappa shape index (κ3) is 5.50. The Balaban J connectivity index is 1.38. The molecule has 0 unspecified atom stereocenters. The van der Waals surface area contributed by atoms with E-state index in [4.69, 9.17) is 4.98 Å². The van der Waals surface area contributed by atoms with Gasteiger partial charge in [-0.3, -0.25) is 0 Å². The van der Waals surface area contributed by atoms with Gasteiger partial charge in [-0.2, -0.15) is 0 Å². The number of rotatable bonds is 8. The van der Waals surface area contributed by atoms with Gasteiger partial charge in [0, 0.05) is 22.7 Å². The predicted molar refractivity (Wildman–Crippen MR) is 166 cm³/mol. The first-order valence-electron chi connectivity index (χ1n) is 12.9. The SMILES string of the molecule is Brc1ccc(-c2nc3cc(CP(c4ccccc4)c4ccccc4)ccc3n2CCc2ccccc2)cc1. The molecule has 6 rings (SSSR count). The summed E-state index contributed by atoms with van der Waals surface area (Å²) in [6.07, 6.45) is 1.95. The third-order valence-corrected chi connectivity index (χ3v) is 9.91. The Morgan fingerprint density at radius 1 is 0.632 bits per heavy atom. The topological polar surface area (TPSA) is 17.8 Å². The van der Waals surface area contributed by atoms with Crippen LogP contribution in [-0.4, -0.2) is 9.55 Å². The first kappa shape index (κ1) is 24.8. The predicted octanol–water partition coefficient (Wildman–Crippen LogP) is 8.34. The van der Waals surface area contributed by atoms with Crippen LogP contribution in [0.4, 0.5) is 0 Å².